The Kier molecular flexibility index (Phi) is 4.18. The largest absolute Gasteiger partial charge is 0.393 e. The Morgan fingerprint density at radius 3 is 2.57 bits per heavy atom. The number of hydrogen-bond acceptors (Lipinski definition) is 1. The monoisotopic (exact) mass is 196 g/mol. The molecule has 1 heteroatoms. The van der Waals surface area contributed by atoms with E-state index in [1.807, 2.05) is 6.92 Å². The maximum atomic E-state index is 9.67. The molecule has 0 spiro atoms. The van der Waals surface area contributed by atoms with Crippen molar-refractivity contribution >= 4 is 0 Å². The molecular formula is C13H24O. The fourth-order valence-corrected chi connectivity index (χ4v) is 2.68. The summed E-state index contributed by atoms with van der Waals surface area (Å²) in [6, 6.07) is 0. The molecule has 0 saturated carbocycles. The maximum Gasteiger partial charge on any atom is 0.0574 e. The molecule has 0 saturated heterocycles. The Morgan fingerprint density at radius 2 is 2.07 bits per heavy atom. The third-order valence-corrected chi connectivity index (χ3v) is 3.70. The average Bonchev–Trinajstić information content (AvgIpc) is 2.16. The Balaban J connectivity index is 2.92. The first-order valence-corrected chi connectivity index (χ1v) is 5.97. The predicted octanol–water partition coefficient (Wildman–Crippen LogP) is 3.53. The Hall–Kier alpha value is -0.300. The van der Waals surface area contributed by atoms with Crippen LogP contribution < -0.4 is 0 Å². The van der Waals surface area contributed by atoms with Gasteiger partial charge in [0.2, 0.25) is 0 Å². The second kappa shape index (κ2) is 4.97. The Bertz CT molecular complexity index is 215. The van der Waals surface area contributed by atoms with Gasteiger partial charge in [0.25, 0.3) is 0 Å². The molecule has 0 fully saturated rings. The normalized spacial score (nSPS) is 27.6. The van der Waals surface area contributed by atoms with Gasteiger partial charge in [0.05, 0.1) is 6.10 Å². The molecule has 0 radical (unpaired) electrons. The van der Waals surface area contributed by atoms with Crippen molar-refractivity contribution in [3.05, 3.63) is 11.1 Å². The first kappa shape index (κ1) is 11.8. The molecule has 0 aromatic rings. The highest BCUT2D eigenvalue weighted by Crippen LogP contribution is 2.37. The minimum absolute atomic E-state index is 0.202. The van der Waals surface area contributed by atoms with Crippen LogP contribution in [0.15, 0.2) is 11.1 Å². The van der Waals surface area contributed by atoms with Crippen LogP contribution >= 0.6 is 0 Å². The first-order valence-electron chi connectivity index (χ1n) is 5.97. The van der Waals surface area contributed by atoms with E-state index in [0.29, 0.717) is 11.8 Å². The van der Waals surface area contributed by atoms with Gasteiger partial charge in [0.15, 0.2) is 0 Å². The van der Waals surface area contributed by atoms with Crippen LogP contribution in [0, 0.1) is 11.8 Å². The van der Waals surface area contributed by atoms with Crippen LogP contribution in [-0.2, 0) is 0 Å². The van der Waals surface area contributed by atoms with E-state index in [4.69, 9.17) is 0 Å². The fraction of sp³-hybridized carbons (Fsp3) is 0.846. The number of allylic oxidation sites excluding steroid dienone is 1. The summed E-state index contributed by atoms with van der Waals surface area (Å²) in [6.07, 6.45) is 4.85. The van der Waals surface area contributed by atoms with E-state index in [9.17, 15) is 5.11 Å². The second-order valence-electron chi connectivity index (χ2n) is 4.74. The Morgan fingerprint density at radius 1 is 1.43 bits per heavy atom. The van der Waals surface area contributed by atoms with Gasteiger partial charge in [-0.15, -0.1) is 0 Å². The Labute approximate surface area is 88.2 Å². The number of aliphatic hydroxyl groups is 1. The van der Waals surface area contributed by atoms with Gasteiger partial charge >= 0.3 is 0 Å². The zero-order chi connectivity index (χ0) is 10.7. The van der Waals surface area contributed by atoms with Crippen LogP contribution in [0.3, 0.4) is 0 Å². The van der Waals surface area contributed by atoms with Crippen LogP contribution in [0.5, 0.6) is 0 Å². The molecule has 1 aliphatic rings. The van der Waals surface area contributed by atoms with E-state index in [0.717, 1.165) is 6.42 Å². The van der Waals surface area contributed by atoms with Gasteiger partial charge in [-0.3, -0.25) is 0 Å². The van der Waals surface area contributed by atoms with E-state index in [-0.39, 0.29) is 6.10 Å². The molecule has 1 rings (SSSR count). The molecule has 1 aliphatic carbocycles. The molecule has 0 aliphatic heterocycles. The summed E-state index contributed by atoms with van der Waals surface area (Å²) in [5, 5.41) is 9.67. The second-order valence-corrected chi connectivity index (χ2v) is 4.74. The SMILES string of the molecule is CCC1=C([C@@H](C)[C@H](C)O)[C@@H](C)CCC1. The van der Waals surface area contributed by atoms with Gasteiger partial charge < -0.3 is 5.11 Å². The summed E-state index contributed by atoms with van der Waals surface area (Å²) in [4.78, 5) is 0. The van der Waals surface area contributed by atoms with Gasteiger partial charge in [-0.1, -0.05) is 31.9 Å². The summed E-state index contributed by atoms with van der Waals surface area (Å²) in [7, 11) is 0. The molecule has 0 bridgehead atoms. The first-order chi connectivity index (χ1) is 6.57. The highest BCUT2D eigenvalue weighted by atomic mass is 16.3. The van der Waals surface area contributed by atoms with Crippen molar-refractivity contribution in [3.8, 4) is 0 Å². The van der Waals surface area contributed by atoms with E-state index >= 15 is 0 Å². The molecule has 1 N–H and O–H groups in total. The number of aliphatic hydroxyl groups excluding tert-OH is 1. The summed E-state index contributed by atoms with van der Waals surface area (Å²) in [5.41, 5.74) is 3.16. The van der Waals surface area contributed by atoms with Gasteiger partial charge in [0, 0.05) is 5.92 Å². The van der Waals surface area contributed by atoms with Crippen molar-refractivity contribution in [3.63, 3.8) is 0 Å². The third-order valence-electron chi connectivity index (χ3n) is 3.70. The highest BCUT2D eigenvalue weighted by Gasteiger charge is 2.25. The molecule has 0 amide bonds. The smallest absolute Gasteiger partial charge is 0.0574 e. The van der Waals surface area contributed by atoms with Crippen molar-refractivity contribution < 1.29 is 5.11 Å². The third kappa shape index (κ3) is 2.38. The fourth-order valence-electron chi connectivity index (χ4n) is 2.68. The van der Waals surface area contributed by atoms with Crippen LogP contribution in [0.2, 0.25) is 0 Å². The zero-order valence-electron chi connectivity index (χ0n) is 10.0. The maximum absolute atomic E-state index is 9.67. The molecule has 0 heterocycles. The van der Waals surface area contributed by atoms with E-state index < -0.39 is 0 Å². The molecule has 3 atom stereocenters. The van der Waals surface area contributed by atoms with Crippen molar-refractivity contribution in [2.24, 2.45) is 11.8 Å². The van der Waals surface area contributed by atoms with Crippen LogP contribution in [-0.4, -0.2) is 11.2 Å². The van der Waals surface area contributed by atoms with Gasteiger partial charge in [-0.2, -0.15) is 0 Å². The van der Waals surface area contributed by atoms with Gasteiger partial charge in [-0.25, -0.2) is 0 Å². The number of rotatable bonds is 3. The van der Waals surface area contributed by atoms with E-state index in [1.165, 1.54) is 19.3 Å². The van der Waals surface area contributed by atoms with E-state index in [2.05, 4.69) is 20.8 Å². The highest BCUT2D eigenvalue weighted by molar-refractivity contribution is 5.22. The lowest BCUT2D eigenvalue weighted by Crippen LogP contribution is -2.23. The summed E-state index contributed by atoms with van der Waals surface area (Å²) in [5.74, 6) is 1.03. The minimum Gasteiger partial charge on any atom is -0.393 e. The standard InChI is InChI=1S/C13H24O/c1-5-12-8-6-7-9(2)13(12)10(3)11(4)14/h9-11,14H,5-8H2,1-4H3/t9-,10-,11-/m0/s1. The molecular weight excluding hydrogens is 172 g/mol. The topological polar surface area (TPSA) is 20.2 Å². The van der Waals surface area contributed by atoms with Crippen LogP contribution in [0.1, 0.15) is 53.4 Å². The lowest BCUT2D eigenvalue weighted by molar-refractivity contribution is 0.144. The molecule has 0 aromatic heterocycles. The lowest BCUT2D eigenvalue weighted by atomic mass is 9.76. The van der Waals surface area contributed by atoms with Gasteiger partial charge in [-0.05, 0) is 38.5 Å². The van der Waals surface area contributed by atoms with E-state index in [1.54, 1.807) is 11.1 Å². The summed E-state index contributed by atoms with van der Waals surface area (Å²) >= 11 is 0. The van der Waals surface area contributed by atoms with Crippen molar-refractivity contribution in [2.45, 2.75) is 59.5 Å². The molecule has 82 valence electrons. The van der Waals surface area contributed by atoms with Crippen LogP contribution in [0.25, 0.3) is 0 Å². The van der Waals surface area contributed by atoms with Gasteiger partial charge in [0.1, 0.15) is 0 Å². The quantitative estimate of drug-likeness (QED) is 0.685. The van der Waals surface area contributed by atoms with Crippen molar-refractivity contribution in [2.75, 3.05) is 0 Å². The lowest BCUT2D eigenvalue weighted by Gasteiger charge is -2.31. The zero-order valence-corrected chi connectivity index (χ0v) is 10.0. The molecule has 1 nitrogen and oxygen atoms in total. The van der Waals surface area contributed by atoms with Crippen molar-refractivity contribution in [1.82, 2.24) is 0 Å². The average molecular weight is 196 g/mol. The molecule has 0 aromatic carbocycles. The molecule has 0 unspecified atom stereocenters. The predicted molar refractivity (Wildman–Crippen MR) is 61.2 cm³/mol. The summed E-state index contributed by atoms with van der Waals surface area (Å²) in [6.45, 7) is 8.62. The van der Waals surface area contributed by atoms with Crippen molar-refractivity contribution in [1.29, 1.82) is 0 Å². The molecule has 14 heavy (non-hydrogen) atoms. The van der Waals surface area contributed by atoms with Crippen LogP contribution in [0.4, 0.5) is 0 Å². The number of hydrogen-bond donors (Lipinski definition) is 1. The minimum atomic E-state index is -0.202. The summed E-state index contributed by atoms with van der Waals surface area (Å²) < 4.78 is 0.